The van der Waals surface area contributed by atoms with E-state index in [4.69, 9.17) is 16.3 Å². The van der Waals surface area contributed by atoms with Gasteiger partial charge in [0.25, 0.3) is 0 Å². The van der Waals surface area contributed by atoms with Crippen molar-refractivity contribution in [1.29, 1.82) is 0 Å². The van der Waals surface area contributed by atoms with Crippen molar-refractivity contribution in [2.24, 2.45) is 5.41 Å². The number of nitrogens with zero attached hydrogens (tertiary/aromatic N) is 3. The summed E-state index contributed by atoms with van der Waals surface area (Å²) in [5, 5.41) is 3.08. The number of hydrogen-bond donors (Lipinski definition) is 0. The zero-order chi connectivity index (χ0) is 35.4. The summed E-state index contributed by atoms with van der Waals surface area (Å²) in [7, 11) is 0. The van der Waals surface area contributed by atoms with E-state index in [1.807, 2.05) is 57.2 Å². The number of thiazole rings is 1. The number of benzene rings is 3. The number of aryl methyl sites for hydroxylation is 1. The molecular formula is C39H37IrN3OS-2. The maximum absolute atomic E-state index is 8.67. The molecule has 4 heterocycles. The van der Waals surface area contributed by atoms with Gasteiger partial charge >= 0.3 is 0 Å². The number of fused-ring (bicyclic) bond motifs is 5. The molecule has 0 aliphatic rings. The molecule has 7 aromatic rings. The van der Waals surface area contributed by atoms with Crippen LogP contribution in [-0.4, -0.2) is 15.0 Å². The summed E-state index contributed by atoms with van der Waals surface area (Å²) in [6, 6.07) is 28.7. The SMILES string of the molecule is [2H]C([2H])([2H])c1ccc(-c2[c-]cccc2)nc1.[2H]C([2H])(c1ccnc(-c2[c-]ccc3c2oc2c3ccc3sc(C(C)(C)C)nc32)c1)C(C)(C)C.[Ir]. The molecule has 7 rings (SSSR count). The quantitative estimate of drug-likeness (QED) is 0.167. The Balaban J connectivity index is 0.000000241. The zero-order valence-corrected chi connectivity index (χ0v) is 29.3. The second-order valence-corrected chi connectivity index (χ2v) is 13.8. The van der Waals surface area contributed by atoms with Crippen LogP contribution in [-0.2, 0) is 31.9 Å². The Morgan fingerprint density at radius 2 is 1.69 bits per heavy atom. The summed E-state index contributed by atoms with van der Waals surface area (Å²) in [4.78, 5) is 13.6. The van der Waals surface area contributed by atoms with Crippen molar-refractivity contribution in [2.75, 3.05) is 0 Å². The largest absolute Gasteiger partial charge is 0.498 e. The van der Waals surface area contributed by atoms with Gasteiger partial charge in [0.15, 0.2) is 0 Å². The molecule has 0 N–H and O–H groups in total. The second-order valence-electron chi connectivity index (χ2n) is 12.8. The number of hydrogen-bond acceptors (Lipinski definition) is 5. The Morgan fingerprint density at radius 1 is 0.867 bits per heavy atom. The normalized spacial score (nSPS) is 14.0. The minimum atomic E-state index is -2.09. The van der Waals surface area contributed by atoms with Crippen LogP contribution in [0.15, 0.2) is 89.6 Å². The average molecular weight is 793 g/mol. The summed E-state index contributed by atoms with van der Waals surface area (Å²) >= 11 is 1.70. The summed E-state index contributed by atoms with van der Waals surface area (Å²) < 4.78 is 46.6. The van der Waals surface area contributed by atoms with Crippen molar-refractivity contribution in [2.45, 2.75) is 60.2 Å². The summed E-state index contributed by atoms with van der Waals surface area (Å²) in [6.45, 7) is 10.1. The van der Waals surface area contributed by atoms with Crippen LogP contribution < -0.4 is 0 Å². The van der Waals surface area contributed by atoms with Crippen LogP contribution in [0.2, 0.25) is 0 Å². The minimum Gasteiger partial charge on any atom is -0.498 e. The predicted octanol–water partition coefficient (Wildman–Crippen LogP) is 10.8. The summed E-state index contributed by atoms with van der Waals surface area (Å²) in [6.07, 6.45) is 1.55. The number of pyridine rings is 2. The molecule has 0 saturated heterocycles. The Morgan fingerprint density at radius 3 is 2.38 bits per heavy atom. The Bertz CT molecular complexity index is 2270. The zero-order valence-electron chi connectivity index (χ0n) is 31.1. The van der Waals surface area contributed by atoms with Crippen molar-refractivity contribution < 1.29 is 31.4 Å². The predicted molar refractivity (Wildman–Crippen MR) is 184 cm³/mol. The third-order valence-corrected chi connectivity index (χ3v) is 8.33. The van der Waals surface area contributed by atoms with Gasteiger partial charge in [0.05, 0.1) is 15.3 Å². The summed E-state index contributed by atoms with van der Waals surface area (Å²) in [5.41, 5.74) is 5.60. The molecule has 4 nitrogen and oxygen atoms in total. The number of aromatic nitrogens is 3. The molecule has 0 unspecified atom stereocenters. The molecule has 3 aromatic carbocycles. The standard InChI is InChI=1S/C27H27N2OS.C12H10N.Ir/c1-26(2,3)15-16-12-13-28-20(14-16)19-9-7-8-17-18-10-11-21-22(24(18)30-23(17)19)29-25(31-21)27(4,5)6;1-10-7-8-12(13-9-10)11-5-3-2-4-6-11;/h7-8,10-14H,15H2,1-6H3;2-5,7-9H,1H3;/q2*-1;/i15D2;1D3;. The topological polar surface area (TPSA) is 51.8 Å². The van der Waals surface area contributed by atoms with Crippen LogP contribution in [0, 0.1) is 24.4 Å². The van der Waals surface area contributed by atoms with Gasteiger partial charge in [-0.1, -0.05) is 82.3 Å². The van der Waals surface area contributed by atoms with Crippen molar-refractivity contribution >= 4 is 43.5 Å². The summed E-state index contributed by atoms with van der Waals surface area (Å²) in [5.74, 6) is 0. The van der Waals surface area contributed by atoms with Crippen LogP contribution in [0.1, 0.15) is 64.5 Å². The van der Waals surface area contributed by atoms with Gasteiger partial charge in [-0.2, -0.15) is 0 Å². The van der Waals surface area contributed by atoms with Crippen molar-refractivity contribution in [3.63, 3.8) is 0 Å². The van der Waals surface area contributed by atoms with E-state index in [9.17, 15) is 0 Å². The molecule has 6 heteroatoms. The van der Waals surface area contributed by atoms with E-state index in [-0.39, 0.29) is 31.1 Å². The van der Waals surface area contributed by atoms with Gasteiger partial charge in [0.1, 0.15) is 11.1 Å². The van der Waals surface area contributed by atoms with E-state index in [0.29, 0.717) is 16.8 Å². The van der Waals surface area contributed by atoms with Crippen LogP contribution in [0.5, 0.6) is 0 Å². The Kier molecular flexibility index (Phi) is 7.64. The molecule has 231 valence electrons. The third-order valence-electron chi connectivity index (χ3n) is 6.88. The molecule has 4 aromatic heterocycles. The van der Waals surface area contributed by atoms with Gasteiger partial charge in [-0.05, 0) is 47.7 Å². The van der Waals surface area contributed by atoms with Gasteiger partial charge in [0.2, 0.25) is 0 Å². The fourth-order valence-corrected chi connectivity index (χ4v) is 5.91. The second kappa shape index (κ2) is 13.0. The smallest absolute Gasteiger partial charge is 0.148 e. The van der Waals surface area contributed by atoms with Crippen LogP contribution in [0.4, 0.5) is 0 Å². The van der Waals surface area contributed by atoms with E-state index in [1.54, 1.807) is 41.8 Å². The molecule has 0 spiro atoms. The monoisotopic (exact) mass is 793 g/mol. The van der Waals surface area contributed by atoms with E-state index in [0.717, 1.165) is 48.4 Å². The first-order valence-corrected chi connectivity index (χ1v) is 15.3. The molecule has 0 aliphatic heterocycles. The van der Waals surface area contributed by atoms with Gasteiger partial charge in [0, 0.05) is 50.2 Å². The first kappa shape index (κ1) is 26.5. The number of furan rings is 1. The maximum atomic E-state index is 8.67. The first-order valence-electron chi connectivity index (χ1n) is 17.0. The third kappa shape index (κ3) is 7.25. The van der Waals surface area contributed by atoms with Gasteiger partial charge < -0.3 is 14.4 Å². The van der Waals surface area contributed by atoms with Gasteiger partial charge in [-0.25, -0.2) is 4.98 Å². The Hall–Kier alpha value is -3.70. The maximum Gasteiger partial charge on any atom is 0.148 e. The molecule has 0 bridgehead atoms. The fraction of sp³-hybridized carbons (Fsp3) is 0.256. The minimum absolute atomic E-state index is 0. The van der Waals surface area contributed by atoms with Crippen LogP contribution in [0.3, 0.4) is 0 Å². The van der Waals surface area contributed by atoms with E-state index < -0.39 is 18.6 Å². The molecule has 0 amide bonds. The van der Waals surface area contributed by atoms with Crippen LogP contribution >= 0.6 is 11.3 Å². The van der Waals surface area contributed by atoms with Crippen LogP contribution in [0.25, 0.3) is 54.7 Å². The molecular weight excluding hydrogens is 751 g/mol. The van der Waals surface area contributed by atoms with Gasteiger partial charge in [-0.3, -0.25) is 0 Å². The van der Waals surface area contributed by atoms with E-state index >= 15 is 0 Å². The molecule has 0 fully saturated rings. The fourth-order valence-electron chi connectivity index (χ4n) is 4.88. The molecule has 0 saturated carbocycles. The molecule has 0 aliphatic carbocycles. The first-order chi connectivity index (χ1) is 22.9. The van der Waals surface area contributed by atoms with E-state index in [1.165, 1.54) is 6.20 Å². The van der Waals surface area contributed by atoms with Gasteiger partial charge in [-0.15, -0.1) is 65.4 Å². The van der Waals surface area contributed by atoms with Crippen molar-refractivity contribution in [3.8, 4) is 22.5 Å². The molecule has 0 atom stereocenters. The van der Waals surface area contributed by atoms with E-state index in [2.05, 4.69) is 55.0 Å². The molecule has 45 heavy (non-hydrogen) atoms. The molecule has 1 radical (unpaired) electrons. The number of rotatable bonds is 3. The van der Waals surface area contributed by atoms with Crippen molar-refractivity contribution in [1.82, 2.24) is 15.0 Å². The van der Waals surface area contributed by atoms with Crippen molar-refractivity contribution in [3.05, 3.63) is 113 Å². The Labute approximate surface area is 290 Å². The average Bonchev–Trinajstić information content (AvgIpc) is 3.67.